The van der Waals surface area contributed by atoms with Crippen molar-refractivity contribution in [2.75, 3.05) is 13.2 Å². The molecule has 9 heteroatoms. The lowest BCUT2D eigenvalue weighted by Gasteiger charge is -2.18. The number of allylic oxidation sites excluding steroid dienone is 6. The first-order valence-electron chi connectivity index (χ1n) is 12.3. The van der Waals surface area contributed by atoms with Crippen molar-refractivity contribution in [3.63, 3.8) is 0 Å². The van der Waals surface area contributed by atoms with Crippen LogP contribution < -0.4 is 0 Å². The van der Waals surface area contributed by atoms with Crippen LogP contribution in [0, 0.1) is 0 Å². The van der Waals surface area contributed by atoms with E-state index in [-0.39, 0.29) is 19.4 Å². The molecule has 0 saturated carbocycles. The summed E-state index contributed by atoms with van der Waals surface area (Å²) < 4.78 is 25.7. The Morgan fingerprint density at radius 1 is 0.794 bits per heavy atom. The largest absolute Gasteiger partial charge is 0.469 e. The third-order valence-electron chi connectivity index (χ3n) is 4.67. The zero-order valence-corrected chi connectivity index (χ0v) is 21.6. The zero-order valence-electron chi connectivity index (χ0n) is 20.7. The van der Waals surface area contributed by atoms with Crippen LogP contribution in [0.15, 0.2) is 36.5 Å². The maximum absolute atomic E-state index is 12.1. The summed E-state index contributed by atoms with van der Waals surface area (Å²) in [7, 11) is -4.73. The smallest absolute Gasteiger partial charge is 0.462 e. The van der Waals surface area contributed by atoms with Crippen molar-refractivity contribution in [3.8, 4) is 0 Å². The van der Waals surface area contributed by atoms with Crippen LogP contribution in [-0.2, 0) is 28.2 Å². The highest BCUT2D eigenvalue weighted by Crippen LogP contribution is 2.35. The average molecular weight is 503 g/mol. The molecular weight excluding hydrogens is 459 g/mol. The predicted molar refractivity (Wildman–Crippen MR) is 133 cm³/mol. The summed E-state index contributed by atoms with van der Waals surface area (Å²) in [5, 5.41) is 0. The first-order valence-corrected chi connectivity index (χ1v) is 13.8. The lowest BCUT2D eigenvalue weighted by atomic mass is 10.1. The van der Waals surface area contributed by atoms with Gasteiger partial charge in [0.15, 0.2) is 6.10 Å². The molecule has 0 fully saturated rings. The molecule has 0 radical (unpaired) electrons. The molecule has 0 rings (SSSR count). The molecule has 196 valence electrons. The minimum atomic E-state index is -4.73. The van der Waals surface area contributed by atoms with Gasteiger partial charge in [-0.3, -0.25) is 14.1 Å². The van der Waals surface area contributed by atoms with Crippen LogP contribution in [-0.4, -0.2) is 41.0 Å². The number of esters is 2. The Balaban J connectivity index is 4.13. The Morgan fingerprint density at radius 2 is 1.41 bits per heavy atom. The van der Waals surface area contributed by atoms with Crippen molar-refractivity contribution in [2.45, 2.75) is 97.0 Å². The Hall–Kier alpha value is -1.73. The van der Waals surface area contributed by atoms with E-state index in [4.69, 9.17) is 19.3 Å². The van der Waals surface area contributed by atoms with E-state index in [9.17, 15) is 14.2 Å². The van der Waals surface area contributed by atoms with Crippen LogP contribution in [0.2, 0.25) is 0 Å². The minimum absolute atomic E-state index is 0.175. The summed E-state index contributed by atoms with van der Waals surface area (Å²) in [5.41, 5.74) is 0. The number of ether oxygens (including phenoxy) is 2. The normalized spacial score (nSPS) is 13.2. The van der Waals surface area contributed by atoms with E-state index in [0.717, 1.165) is 51.4 Å². The molecule has 0 aromatic rings. The standard InChI is InChI=1S/C25H43O8P/c1-3-5-7-8-9-10-11-12-13-14-15-16-18-20-25(27)33-23(22-32-34(28,29)30)21-31-24(26)19-17-6-4-2/h5,7,9-10,12-13,23H,3-4,6,8,11,14-22H2,1-2H3,(H2,28,29,30)/b7-5-,10-9-,13-12-. The van der Waals surface area contributed by atoms with Gasteiger partial charge in [-0.25, -0.2) is 4.57 Å². The number of unbranched alkanes of at least 4 members (excludes halogenated alkanes) is 5. The lowest BCUT2D eigenvalue weighted by Crippen LogP contribution is -2.29. The maximum atomic E-state index is 12.1. The Labute approximate surface area is 204 Å². The number of carbonyl (C=O) groups excluding carboxylic acids is 2. The van der Waals surface area contributed by atoms with Crippen LogP contribution >= 0.6 is 7.82 Å². The summed E-state index contributed by atoms with van der Waals surface area (Å²) in [6.45, 7) is 3.28. The van der Waals surface area contributed by atoms with Crippen molar-refractivity contribution >= 4 is 19.8 Å². The SMILES string of the molecule is CC/C=C\C/C=C\C/C=C\CCCCCC(=O)OC(COC(=O)CCCCC)COP(=O)(O)O. The van der Waals surface area contributed by atoms with Gasteiger partial charge in [-0.2, -0.15) is 0 Å². The maximum Gasteiger partial charge on any atom is 0.469 e. The van der Waals surface area contributed by atoms with Gasteiger partial charge in [0.25, 0.3) is 0 Å². The van der Waals surface area contributed by atoms with Crippen LogP contribution in [0.4, 0.5) is 0 Å². The van der Waals surface area contributed by atoms with E-state index in [1.165, 1.54) is 0 Å². The first kappa shape index (κ1) is 32.3. The predicted octanol–water partition coefficient (Wildman–Crippen LogP) is 5.94. The second-order valence-corrected chi connectivity index (χ2v) is 9.17. The molecule has 34 heavy (non-hydrogen) atoms. The number of hydrogen-bond acceptors (Lipinski definition) is 6. The molecule has 0 aromatic carbocycles. The van der Waals surface area contributed by atoms with Crippen LogP contribution in [0.25, 0.3) is 0 Å². The van der Waals surface area contributed by atoms with Gasteiger partial charge >= 0.3 is 19.8 Å². The molecule has 1 atom stereocenters. The molecule has 0 heterocycles. The van der Waals surface area contributed by atoms with Gasteiger partial charge in [0.05, 0.1) is 6.61 Å². The fourth-order valence-electron chi connectivity index (χ4n) is 2.85. The molecule has 1 unspecified atom stereocenters. The number of rotatable bonds is 21. The summed E-state index contributed by atoms with van der Waals surface area (Å²) >= 11 is 0. The van der Waals surface area contributed by atoms with E-state index < -0.39 is 32.5 Å². The fraction of sp³-hybridized carbons (Fsp3) is 0.680. The van der Waals surface area contributed by atoms with Crippen molar-refractivity contribution in [3.05, 3.63) is 36.5 Å². The van der Waals surface area contributed by atoms with Crippen LogP contribution in [0.1, 0.15) is 90.9 Å². The molecule has 2 N–H and O–H groups in total. The van der Waals surface area contributed by atoms with Gasteiger partial charge in [-0.15, -0.1) is 0 Å². The Morgan fingerprint density at radius 3 is 2.06 bits per heavy atom. The molecule has 0 aromatic heterocycles. The first-order chi connectivity index (χ1) is 16.3. The van der Waals surface area contributed by atoms with E-state index >= 15 is 0 Å². The van der Waals surface area contributed by atoms with Crippen LogP contribution in [0.5, 0.6) is 0 Å². The average Bonchev–Trinajstić information content (AvgIpc) is 2.78. The van der Waals surface area contributed by atoms with Gasteiger partial charge in [-0.05, 0) is 44.9 Å². The van der Waals surface area contributed by atoms with Crippen LogP contribution in [0.3, 0.4) is 0 Å². The van der Waals surface area contributed by atoms with E-state index in [0.29, 0.717) is 12.8 Å². The molecule has 0 aliphatic heterocycles. The van der Waals surface area contributed by atoms with Gasteiger partial charge in [0, 0.05) is 12.8 Å². The van der Waals surface area contributed by atoms with Crippen molar-refractivity contribution in [2.24, 2.45) is 0 Å². The Bertz CT molecular complexity index is 666. The molecule has 0 saturated heterocycles. The number of carbonyl (C=O) groups is 2. The molecule has 0 aliphatic carbocycles. The van der Waals surface area contributed by atoms with Gasteiger partial charge in [0.2, 0.25) is 0 Å². The van der Waals surface area contributed by atoms with E-state index in [2.05, 4.69) is 47.9 Å². The second-order valence-electron chi connectivity index (χ2n) is 7.93. The lowest BCUT2D eigenvalue weighted by molar-refractivity contribution is -0.161. The van der Waals surface area contributed by atoms with Gasteiger partial charge in [-0.1, -0.05) is 69.6 Å². The molecule has 0 spiro atoms. The topological polar surface area (TPSA) is 119 Å². The second kappa shape index (κ2) is 21.8. The summed E-state index contributed by atoms with van der Waals surface area (Å²) in [4.78, 5) is 41.6. The molecule has 8 nitrogen and oxygen atoms in total. The Kier molecular flexibility index (Phi) is 20.7. The van der Waals surface area contributed by atoms with E-state index in [1.54, 1.807) is 0 Å². The van der Waals surface area contributed by atoms with Crippen molar-refractivity contribution in [1.82, 2.24) is 0 Å². The van der Waals surface area contributed by atoms with Gasteiger partial charge < -0.3 is 19.3 Å². The highest BCUT2D eigenvalue weighted by Gasteiger charge is 2.22. The van der Waals surface area contributed by atoms with E-state index in [1.807, 2.05) is 6.92 Å². The third-order valence-corrected chi connectivity index (χ3v) is 5.16. The van der Waals surface area contributed by atoms with Crippen molar-refractivity contribution in [1.29, 1.82) is 0 Å². The third kappa shape index (κ3) is 23.4. The molecule has 0 amide bonds. The number of phosphoric ester groups is 1. The number of hydrogen-bond donors (Lipinski definition) is 2. The van der Waals surface area contributed by atoms with Gasteiger partial charge in [0.1, 0.15) is 6.61 Å². The summed E-state index contributed by atoms with van der Waals surface area (Å²) in [5.74, 6) is -0.957. The highest BCUT2D eigenvalue weighted by atomic mass is 31.2. The summed E-state index contributed by atoms with van der Waals surface area (Å²) in [6, 6.07) is 0. The van der Waals surface area contributed by atoms with Crippen molar-refractivity contribution < 1.29 is 37.9 Å². The molecular formula is C25H43O8P. The zero-order chi connectivity index (χ0) is 25.5. The monoisotopic (exact) mass is 502 g/mol. The summed E-state index contributed by atoms with van der Waals surface area (Å²) in [6.07, 6.45) is 21.1. The highest BCUT2D eigenvalue weighted by molar-refractivity contribution is 7.46. The molecule has 0 bridgehead atoms. The minimum Gasteiger partial charge on any atom is -0.462 e. The fourth-order valence-corrected chi connectivity index (χ4v) is 3.21. The number of phosphoric acid groups is 1. The quantitative estimate of drug-likeness (QED) is 0.0856. The molecule has 0 aliphatic rings.